The van der Waals surface area contributed by atoms with Crippen molar-refractivity contribution in [2.45, 2.75) is 37.3 Å². The summed E-state index contributed by atoms with van der Waals surface area (Å²) in [5.74, 6) is 1.27. The van der Waals surface area contributed by atoms with Gasteiger partial charge in [-0.15, -0.1) is 10.2 Å². The second-order valence-corrected chi connectivity index (χ2v) is 6.44. The molecule has 7 nitrogen and oxygen atoms in total. The third-order valence-electron chi connectivity index (χ3n) is 3.66. The fourth-order valence-electron chi connectivity index (χ4n) is 2.51. The molecule has 0 unspecified atom stereocenters. The Hall–Kier alpha value is -2.06. The van der Waals surface area contributed by atoms with Crippen molar-refractivity contribution < 1.29 is 14.3 Å². The van der Waals surface area contributed by atoms with Crippen molar-refractivity contribution in [3.8, 4) is 5.75 Å². The molecule has 1 aliphatic rings. The van der Waals surface area contributed by atoms with Crippen molar-refractivity contribution in [2.24, 2.45) is 5.73 Å². The summed E-state index contributed by atoms with van der Waals surface area (Å²) in [4.78, 5) is 11.0. The topological polar surface area (TPSA) is 92.3 Å². The number of benzene rings is 1. The molecule has 0 radical (unpaired) electrons. The lowest BCUT2D eigenvalue weighted by atomic mass is 10.2. The van der Waals surface area contributed by atoms with Crippen molar-refractivity contribution in [2.75, 3.05) is 12.4 Å². The molecule has 128 valence electrons. The molecule has 24 heavy (non-hydrogen) atoms. The van der Waals surface area contributed by atoms with Gasteiger partial charge in [-0.05, 0) is 25.0 Å². The zero-order valence-electron chi connectivity index (χ0n) is 13.3. The van der Waals surface area contributed by atoms with Crippen molar-refractivity contribution in [3.63, 3.8) is 0 Å². The maximum atomic E-state index is 11.0. The Labute approximate surface area is 144 Å². The van der Waals surface area contributed by atoms with Gasteiger partial charge in [-0.1, -0.05) is 30.0 Å². The molecule has 1 amide bonds. The summed E-state index contributed by atoms with van der Waals surface area (Å²) < 4.78 is 13.4. The van der Waals surface area contributed by atoms with Crippen LogP contribution < -0.4 is 10.5 Å². The molecular formula is C16H20N4O3S. The predicted octanol–water partition coefficient (Wildman–Crippen LogP) is 1.61. The molecule has 1 atom stereocenters. The van der Waals surface area contributed by atoms with Gasteiger partial charge in [0.1, 0.15) is 12.4 Å². The number of aromatic nitrogens is 3. The Morgan fingerprint density at radius 2 is 2.21 bits per heavy atom. The summed E-state index contributed by atoms with van der Waals surface area (Å²) in [6.07, 6.45) is 2.22. The maximum Gasteiger partial charge on any atom is 0.227 e. The number of amides is 1. The van der Waals surface area contributed by atoms with E-state index in [9.17, 15) is 4.79 Å². The third-order valence-corrected chi connectivity index (χ3v) is 4.65. The first kappa shape index (κ1) is 16.8. The molecule has 1 aromatic heterocycles. The Kier molecular flexibility index (Phi) is 5.71. The minimum Gasteiger partial charge on any atom is -0.486 e. The lowest BCUT2D eigenvalue weighted by molar-refractivity contribution is -0.115. The Bertz CT molecular complexity index is 671. The van der Waals surface area contributed by atoms with Crippen molar-refractivity contribution in [1.29, 1.82) is 0 Å². The average molecular weight is 348 g/mol. The summed E-state index contributed by atoms with van der Waals surface area (Å²) in [5, 5.41) is 9.05. The molecule has 1 saturated heterocycles. The van der Waals surface area contributed by atoms with Crippen molar-refractivity contribution in [3.05, 3.63) is 36.2 Å². The molecule has 2 N–H and O–H groups in total. The van der Waals surface area contributed by atoms with Gasteiger partial charge in [0.2, 0.25) is 5.91 Å². The number of hydrogen-bond donors (Lipinski definition) is 1. The van der Waals surface area contributed by atoms with Crippen LogP contribution in [0, 0.1) is 0 Å². The lowest BCUT2D eigenvalue weighted by Crippen LogP contribution is -2.19. The number of carbonyl (C=O) groups excluding carboxylic acids is 1. The van der Waals surface area contributed by atoms with Gasteiger partial charge in [0, 0.05) is 6.61 Å². The van der Waals surface area contributed by atoms with Crippen LogP contribution in [-0.4, -0.2) is 39.1 Å². The Morgan fingerprint density at radius 1 is 1.38 bits per heavy atom. The van der Waals surface area contributed by atoms with Crippen LogP contribution in [0.1, 0.15) is 18.7 Å². The summed E-state index contributed by atoms with van der Waals surface area (Å²) in [7, 11) is 0. The van der Waals surface area contributed by atoms with Crippen LogP contribution in [0.4, 0.5) is 0 Å². The van der Waals surface area contributed by atoms with Gasteiger partial charge >= 0.3 is 0 Å². The first-order chi connectivity index (χ1) is 11.7. The van der Waals surface area contributed by atoms with E-state index in [1.165, 1.54) is 11.8 Å². The van der Waals surface area contributed by atoms with Gasteiger partial charge in [-0.2, -0.15) is 0 Å². The van der Waals surface area contributed by atoms with Crippen LogP contribution in [0.25, 0.3) is 0 Å². The van der Waals surface area contributed by atoms with Gasteiger partial charge in [0.05, 0.1) is 18.4 Å². The first-order valence-electron chi connectivity index (χ1n) is 7.85. The quantitative estimate of drug-likeness (QED) is 0.729. The Balaban J connectivity index is 1.72. The van der Waals surface area contributed by atoms with E-state index >= 15 is 0 Å². The van der Waals surface area contributed by atoms with E-state index in [4.69, 9.17) is 15.2 Å². The summed E-state index contributed by atoms with van der Waals surface area (Å²) >= 11 is 1.28. The number of carbonyl (C=O) groups is 1. The molecule has 0 bridgehead atoms. The lowest BCUT2D eigenvalue weighted by Gasteiger charge is -2.14. The monoisotopic (exact) mass is 348 g/mol. The number of primary amides is 1. The fraction of sp³-hybridized carbons (Fsp3) is 0.438. The van der Waals surface area contributed by atoms with E-state index in [1.807, 2.05) is 34.9 Å². The summed E-state index contributed by atoms with van der Waals surface area (Å²) in [5.41, 5.74) is 5.23. The number of nitrogens with two attached hydrogens (primary N) is 1. The van der Waals surface area contributed by atoms with E-state index in [0.717, 1.165) is 25.2 Å². The molecule has 8 heteroatoms. The predicted molar refractivity (Wildman–Crippen MR) is 89.7 cm³/mol. The number of hydrogen-bond acceptors (Lipinski definition) is 6. The average Bonchev–Trinajstić information content (AvgIpc) is 3.23. The zero-order chi connectivity index (χ0) is 16.8. The number of nitrogens with zero attached hydrogens (tertiary/aromatic N) is 3. The minimum atomic E-state index is -0.381. The van der Waals surface area contributed by atoms with E-state index in [-0.39, 0.29) is 17.8 Å². The first-order valence-corrected chi connectivity index (χ1v) is 8.83. The largest absolute Gasteiger partial charge is 0.486 e. The van der Waals surface area contributed by atoms with Crippen LogP contribution in [-0.2, 0) is 22.7 Å². The van der Waals surface area contributed by atoms with Crippen molar-refractivity contribution >= 4 is 17.7 Å². The maximum absolute atomic E-state index is 11.0. The van der Waals surface area contributed by atoms with Gasteiger partial charge in [-0.25, -0.2) is 0 Å². The van der Waals surface area contributed by atoms with E-state index in [1.54, 1.807) is 0 Å². The van der Waals surface area contributed by atoms with Crippen LogP contribution >= 0.6 is 11.8 Å². The van der Waals surface area contributed by atoms with Gasteiger partial charge in [-0.3, -0.25) is 4.79 Å². The minimum absolute atomic E-state index is 0.143. The normalized spacial score (nSPS) is 17.1. The van der Waals surface area contributed by atoms with Gasteiger partial charge < -0.3 is 19.8 Å². The van der Waals surface area contributed by atoms with Crippen LogP contribution in [0.15, 0.2) is 35.5 Å². The highest BCUT2D eigenvalue weighted by molar-refractivity contribution is 7.99. The second kappa shape index (κ2) is 8.16. The molecule has 0 aliphatic carbocycles. The summed E-state index contributed by atoms with van der Waals surface area (Å²) in [6, 6.07) is 9.56. The number of para-hydroxylation sites is 1. The molecule has 2 aromatic rings. The van der Waals surface area contributed by atoms with Gasteiger partial charge in [0.25, 0.3) is 0 Å². The number of thioether (sulfide) groups is 1. The third kappa shape index (κ3) is 4.48. The van der Waals surface area contributed by atoms with E-state index < -0.39 is 0 Å². The number of ether oxygens (including phenoxy) is 2. The molecule has 1 aliphatic heterocycles. The second-order valence-electron chi connectivity index (χ2n) is 5.50. The van der Waals surface area contributed by atoms with E-state index in [0.29, 0.717) is 24.1 Å². The molecule has 1 aromatic carbocycles. The smallest absolute Gasteiger partial charge is 0.227 e. The zero-order valence-corrected chi connectivity index (χ0v) is 14.1. The van der Waals surface area contributed by atoms with Crippen LogP contribution in [0.2, 0.25) is 0 Å². The molecule has 2 heterocycles. The van der Waals surface area contributed by atoms with Gasteiger partial charge in [0.15, 0.2) is 11.0 Å². The fourth-order valence-corrected chi connectivity index (χ4v) is 3.21. The highest BCUT2D eigenvalue weighted by Crippen LogP contribution is 2.22. The molecule has 3 rings (SSSR count). The van der Waals surface area contributed by atoms with E-state index in [2.05, 4.69) is 10.2 Å². The summed E-state index contributed by atoms with van der Waals surface area (Å²) in [6.45, 7) is 1.74. The molecule has 0 spiro atoms. The Morgan fingerprint density at radius 3 is 2.92 bits per heavy atom. The van der Waals surface area contributed by atoms with Crippen LogP contribution in [0.5, 0.6) is 5.75 Å². The highest BCUT2D eigenvalue weighted by Gasteiger charge is 2.21. The highest BCUT2D eigenvalue weighted by atomic mass is 32.2. The SMILES string of the molecule is NC(=O)CSc1nnc(COc2ccccc2)n1C[C@H]1CCCO1. The van der Waals surface area contributed by atoms with Crippen LogP contribution in [0.3, 0.4) is 0 Å². The molecule has 0 saturated carbocycles. The van der Waals surface area contributed by atoms with Crippen molar-refractivity contribution in [1.82, 2.24) is 14.8 Å². The molecular weight excluding hydrogens is 328 g/mol. The molecule has 1 fully saturated rings. The standard InChI is InChI=1S/C16H20N4O3S/c17-14(21)11-24-16-19-18-15(10-23-12-5-2-1-3-6-12)20(16)9-13-7-4-8-22-13/h1-3,5-6,13H,4,7-11H2,(H2,17,21)/t13-/m1/s1. The number of rotatable bonds is 8.